The van der Waals surface area contributed by atoms with E-state index in [4.69, 9.17) is 10.5 Å². The number of phenolic OH excluding ortho intramolecular Hbond substituents is 1. The molecule has 4 amide bonds. The number of carbonyl (C=O) groups excluding carboxylic acids is 4. The van der Waals surface area contributed by atoms with Crippen LogP contribution in [0.25, 0.3) is 4.98 Å². The quantitative estimate of drug-likeness (QED) is 0.137. The number of aliphatic hydroxyl groups excluding tert-OH is 1. The van der Waals surface area contributed by atoms with E-state index in [1.807, 2.05) is 0 Å². The zero-order valence-electron chi connectivity index (χ0n) is 21.5. The third-order valence-corrected chi connectivity index (χ3v) is 5.31. The molecule has 1 aromatic carbocycles. The first kappa shape index (κ1) is 31.4. The Morgan fingerprint density at radius 3 is 2.00 bits per heavy atom. The summed E-state index contributed by atoms with van der Waals surface area (Å²) in [6.07, 6.45) is -0.0787. The molecule has 0 saturated heterocycles. The Kier molecular flexibility index (Phi) is 12.2. The monoisotopic (exact) mass is 533 g/mol. The van der Waals surface area contributed by atoms with Gasteiger partial charge in [-0.3, -0.25) is 24.0 Å². The minimum Gasteiger partial charge on any atom is -0.508 e. The van der Waals surface area contributed by atoms with E-state index in [0.29, 0.717) is 11.8 Å². The zero-order valence-corrected chi connectivity index (χ0v) is 21.5. The van der Waals surface area contributed by atoms with Crippen LogP contribution in [0.5, 0.6) is 5.75 Å². The number of aliphatic hydroxyl groups is 1. The highest BCUT2D eigenvalue weighted by Crippen LogP contribution is 2.12. The Morgan fingerprint density at radius 1 is 0.895 bits per heavy atom. The summed E-state index contributed by atoms with van der Waals surface area (Å²) in [5, 5.41) is 46.6. The summed E-state index contributed by atoms with van der Waals surface area (Å²) in [6.45, 7) is 5.87. The highest BCUT2D eigenvalue weighted by Gasteiger charge is 2.31. The van der Waals surface area contributed by atoms with Crippen LogP contribution in [0.1, 0.15) is 39.7 Å². The molecule has 0 saturated carbocycles. The van der Waals surface area contributed by atoms with E-state index in [-0.39, 0.29) is 12.2 Å². The Hall–Kier alpha value is -4.67. The minimum atomic E-state index is -1.42. The van der Waals surface area contributed by atoms with Crippen molar-refractivity contribution < 1.29 is 39.3 Å². The molecule has 1 aromatic rings. The third-order valence-electron chi connectivity index (χ3n) is 5.31. The third kappa shape index (κ3) is 10.5. The van der Waals surface area contributed by atoms with E-state index in [0.717, 1.165) is 0 Å². The molecule has 0 bridgehead atoms. The SMILES string of the molecule is CC(=O)NC(Cc1ccc(O)cc1)C(=O)N[C@H](C(=O)N[C@@H](C)C(=O)NC(CC(=O)O)/C(O)=C/[N+]#N)C(C)C. The van der Waals surface area contributed by atoms with Gasteiger partial charge in [0.25, 0.3) is 0 Å². The van der Waals surface area contributed by atoms with Gasteiger partial charge < -0.3 is 36.6 Å². The predicted octanol–water partition coefficient (Wildman–Crippen LogP) is 0.297. The summed E-state index contributed by atoms with van der Waals surface area (Å²) in [5.74, 6) is -5.15. The molecule has 14 nitrogen and oxygen atoms in total. The average molecular weight is 534 g/mol. The molecular formula is C24H33N6O8+. The van der Waals surface area contributed by atoms with Gasteiger partial charge in [0, 0.05) is 13.3 Å². The normalized spacial score (nSPS) is 14.3. The number of aliphatic carboxylic acids is 1. The van der Waals surface area contributed by atoms with Crippen LogP contribution in [0.3, 0.4) is 0 Å². The van der Waals surface area contributed by atoms with Crippen LogP contribution in [0.15, 0.2) is 36.2 Å². The lowest BCUT2D eigenvalue weighted by Crippen LogP contribution is -2.58. The number of carboxylic acids is 1. The molecule has 1 rings (SSSR count). The summed E-state index contributed by atoms with van der Waals surface area (Å²) in [4.78, 5) is 63.8. The van der Waals surface area contributed by atoms with Gasteiger partial charge in [-0.25, -0.2) is 0 Å². The van der Waals surface area contributed by atoms with Crippen molar-refractivity contribution in [2.75, 3.05) is 0 Å². The van der Waals surface area contributed by atoms with E-state index >= 15 is 0 Å². The first-order valence-electron chi connectivity index (χ1n) is 11.7. The lowest BCUT2D eigenvalue weighted by molar-refractivity contribution is -0.138. The Balaban J connectivity index is 2.95. The Bertz CT molecular complexity index is 1100. The number of carbonyl (C=O) groups is 5. The number of diazo groups is 1. The van der Waals surface area contributed by atoms with Gasteiger partial charge in [0.1, 0.15) is 29.9 Å². The molecule has 4 atom stereocenters. The van der Waals surface area contributed by atoms with Crippen LogP contribution in [-0.2, 0) is 30.4 Å². The molecule has 0 spiro atoms. The lowest BCUT2D eigenvalue weighted by Gasteiger charge is -2.26. The van der Waals surface area contributed by atoms with E-state index in [1.165, 1.54) is 26.0 Å². The van der Waals surface area contributed by atoms with Crippen LogP contribution in [0.2, 0.25) is 0 Å². The maximum absolute atomic E-state index is 13.0. The number of hydrogen-bond donors (Lipinski definition) is 7. The molecular weight excluding hydrogens is 500 g/mol. The van der Waals surface area contributed by atoms with Crippen molar-refractivity contribution in [1.82, 2.24) is 21.3 Å². The molecule has 2 unspecified atom stereocenters. The second-order valence-corrected chi connectivity index (χ2v) is 8.91. The maximum Gasteiger partial charge on any atom is 0.389 e. The zero-order chi connectivity index (χ0) is 29.0. The molecule has 0 radical (unpaired) electrons. The molecule has 0 aromatic heterocycles. The highest BCUT2D eigenvalue weighted by atomic mass is 16.4. The van der Waals surface area contributed by atoms with Crippen molar-refractivity contribution in [3.05, 3.63) is 46.8 Å². The van der Waals surface area contributed by atoms with Crippen molar-refractivity contribution in [1.29, 1.82) is 5.39 Å². The number of rotatable bonds is 13. The molecule has 206 valence electrons. The first-order chi connectivity index (χ1) is 17.7. The summed E-state index contributed by atoms with van der Waals surface area (Å²) < 4.78 is 0. The van der Waals surface area contributed by atoms with E-state index < -0.39 is 71.9 Å². The fourth-order valence-electron chi connectivity index (χ4n) is 3.33. The van der Waals surface area contributed by atoms with Crippen molar-refractivity contribution in [2.45, 2.75) is 64.7 Å². The lowest BCUT2D eigenvalue weighted by atomic mass is 10.0. The molecule has 0 aliphatic heterocycles. The second kappa shape index (κ2) is 14.8. The average Bonchev–Trinajstić information content (AvgIpc) is 2.82. The van der Waals surface area contributed by atoms with E-state index in [9.17, 15) is 34.2 Å². The summed E-state index contributed by atoms with van der Waals surface area (Å²) in [6, 6.07) is 1.27. The molecule has 0 fully saturated rings. The molecule has 0 heterocycles. The number of nitrogens with one attached hydrogen (secondary N) is 4. The van der Waals surface area contributed by atoms with Crippen LogP contribution < -0.4 is 21.3 Å². The Morgan fingerprint density at radius 2 is 1.50 bits per heavy atom. The summed E-state index contributed by atoms with van der Waals surface area (Å²) in [5.41, 5.74) is 0.648. The largest absolute Gasteiger partial charge is 0.508 e. The predicted molar refractivity (Wildman–Crippen MR) is 134 cm³/mol. The van der Waals surface area contributed by atoms with Gasteiger partial charge in [0.05, 0.1) is 6.42 Å². The van der Waals surface area contributed by atoms with Gasteiger partial charge in [-0.1, -0.05) is 26.0 Å². The molecule has 14 heteroatoms. The van der Waals surface area contributed by atoms with Gasteiger partial charge in [-0.05, 0) is 30.5 Å². The van der Waals surface area contributed by atoms with Gasteiger partial charge in [-0.15, -0.1) is 0 Å². The smallest absolute Gasteiger partial charge is 0.389 e. The summed E-state index contributed by atoms with van der Waals surface area (Å²) in [7, 11) is 0. The Labute approximate surface area is 219 Å². The highest BCUT2D eigenvalue weighted by molar-refractivity contribution is 5.94. The standard InChI is InChI=1S/C24H32N6O8/c1-12(2)21(30-23(37)18(28-14(4)31)9-15-5-7-16(32)8-6-15)24(38)27-13(3)22(36)29-17(10-20(34)35)19(33)11-26-25/h5-8,11-13,17-18,21H,9-10H2,1-4H3,(H6-,27,28,29,30,31,32,33,34,35,36,37,38)/p+1/b19-11-/t13-,17?,18?,21-/m0/s1. The van der Waals surface area contributed by atoms with Crippen LogP contribution in [0, 0.1) is 11.3 Å². The molecule has 7 N–H and O–H groups in total. The summed E-state index contributed by atoms with van der Waals surface area (Å²) >= 11 is 0. The fraction of sp³-hybridized carbons (Fsp3) is 0.458. The van der Waals surface area contributed by atoms with Gasteiger partial charge >= 0.3 is 12.2 Å². The number of carboxylic acid groups (broad SMARTS) is 1. The topological polar surface area (TPSA) is 222 Å². The van der Waals surface area contributed by atoms with Crippen molar-refractivity contribution in [2.24, 2.45) is 5.92 Å². The first-order valence-corrected chi connectivity index (χ1v) is 11.7. The number of aromatic hydroxyl groups is 1. The van der Waals surface area contributed by atoms with Gasteiger partial charge in [-0.2, -0.15) is 0 Å². The number of nitrogens with zero attached hydrogens (tertiary/aromatic N) is 2. The van der Waals surface area contributed by atoms with E-state index in [2.05, 4.69) is 26.2 Å². The second-order valence-electron chi connectivity index (χ2n) is 8.91. The number of benzene rings is 1. The fourth-order valence-corrected chi connectivity index (χ4v) is 3.33. The number of phenols is 1. The minimum absolute atomic E-state index is 0.0351. The number of hydrogen-bond acceptors (Lipinski definition) is 8. The molecule has 0 aliphatic carbocycles. The number of amides is 4. The van der Waals surface area contributed by atoms with Gasteiger partial charge in [0.15, 0.2) is 4.98 Å². The molecule has 38 heavy (non-hydrogen) atoms. The van der Waals surface area contributed by atoms with Crippen LogP contribution >= 0.6 is 0 Å². The molecule has 0 aliphatic rings. The van der Waals surface area contributed by atoms with Crippen molar-refractivity contribution >= 4 is 29.6 Å². The van der Waals surface area contributed by atoms with Crippen molar-refractivity contribution in [3.8, 4) is 5.75 Å². The van der Waals surface area contributed by atoms with Crippen LogP contribution in [-0.4, -0.2) is 69.1 Å². The maximum atomic E-state index is 13.0. The van der Waals surface area contributed by atoms with E-state index in [1.54, 1.807) is 26.0 Å². The van der Waals surface area contributed by atoms with Gasteiger partial charge in [0.2, 0.25) is 34.8 Å². The van der Waals surface area contributed by atoms with Crippen molar-refractivity contribution in [3.63, 3.8) is 0 Å². The van der Waals surface area contributed by atoms with Crippen LogP contribution in [0.4, 0.5) is 0 Å².